The van der Waals surface area contributed by atoms with Gasteiger partial charge >= 0.3 is 0 Å². The van der Waals surface area contributed by atoms with Crippen LogP contribution in [0.5, 0.6) is 0 Å². The van der Waals surface area contributed by atoms with Crippen LogP contribution in [0.4, 0.5) is 0 Å². The van der Waals surface area contributed by atoms with Gasteiger partial charge in [-0.25, -0.2) is 8.42 Å². The third-order valence-electron chi connectivity index (χ3n) is 5.04. The van der Waals surface area contributed by atoms with Gasteiger partial charge < -0.3 is 4.90 Å². The van der Waals surface area contributed by atoms with Gasteiger partial charge in [0.2, 0.25) is 0 Å². The average Bonchev–Trinajstić information content (AvgIpc) is 2.45. The molecule has 4 nitrogen and oxygen atoms in total. The maximum Gasteiger partial charge on any atom is 0.157 e. The van der Waals surface area contributed by atoms with Gasteiger partial charge in [-0.3, -0.25) is 4.90 Å². The molecule has 3 fully saturated rings. The maximum absolute atomic E-state index is 12.1. The molecule has 0 amide bonds. The number of piperidine rings is 2. The molecule has 0 radical (unpaired) electrons. The topological polar surface area (TPSA) is 40.6 Å². The lowest BCUT2D eigenvalue weighted by molar-refractivity contribution is 0.134. The van der Waals surface area contributed by atoms with Gasteiger partial charge in [0.25, 0.3) is 0 Å². The van der Waals surface area contributed by atoms with Crippen molar-refractivity contribution in [2.24, 2.45) is 0 Å². The molecule has 3 heterocycles. The number of hydrogen-bond acceptors (Lipinski definition) is 4. The monoisotopic (exact) mass is 286 g/mol. The van der Waals surface area contributed by atoms with Crippen LogP contribution in [0.25, 0.3) is 0 Å². The lowest BCUT2D eigenvalue weighted by Gasteiger charge is -2.47. The molecule has 3 aliphatic rings. The fourth-order valence-corrected chi connectivity index (χ4v) is 5.80. The molecule has 0 unspecified atom stereocenters. The molecule has 110 valence electrons. The zero-order chi connectivity index (χ0) is 13.3. The molecule has 2 atom stereocenters. The Balaban J connectivity index is 1.62. The van der Waals surface area contributed by atoms with E-state index >= 15 is 0 Å². The lowest BCUT2D eigenvalue weighted by atomic mass is 10.0. The van der Waals surface area contributed by atoms with Crippen molar-refractivity contribution in [1.29, 1.82) is 0 Å². The summed E-state index contributed by atoms with van der Waals surface area (Å²) in [6.07, 6.45) is 7.58. The van der Waals surface area contributed by atoms with Gasteiger partial charge in [-0.05, 0) is 51.9 Å². The molecule has 3 rings (SSSR count). The number of hydrogen-bond donors (Lipinski definition) is 0. The van der Waals surface area contributed by atoms with Crippen molar-refractivity contribution >= 4 is 9.84 Å². The molecule has 3 aliphatic heterocycles. The molecule has 19 heavy (non-hydrogen) atoms. The van der Waals surface area contributed by atoms with Crippen molar-refractivity contribution in [1.82, 2.24) is 9.80 Å². The van der Waals surface area contributed by atoms with E-state index in [1.807, 2.05) is 0 Å². The van der Waals surface area contributed by atoms with Gasteiger partial charge in [-0.15, -0.1) is 0 Å². The van der Waals surface area contributed by atoms with Crippen LogP contribution < -0.4 is 0 Å². The molecule has 0 aromatic heterocycles. The van der Waals surface area contributed by atoms with Gasteiger partial charge in [0, 0.05) is 12.6 Å². The van der Waals surface area contributed by atoms with Crippen LogP contribution in [0.15, 0.2) is 0 Å². The standard InChI is InChI=1S/C14H26N2O2S/c17-19(18)12-13(16-9-5-2-6-10-16)14(19)11-15-7-3-1-4-8-15/h13-14H,1-12H2/t13-,14+/m0/s1. The Kier molecular flexibility index (Phi) is 4.15. The summed E-state index contributed by atoms with van der Waals surface area (Å²) < 4.78 is 24.2. The Labute approximate surface area is 117 Å². The average molecular weight is 286 g/mol. The molecule has 0 aromatic carbocycles. The van der Waals surface area contributed by atoms with Crippen LogP contribution in [0.2, 0.25) is 0 Å². The van der Waals surface area contributed by atoms with E-state index in [0.29, 0.717) is 11.8 Å². The molecular weight excluding hydrogens is 260 g/mol. The highest BCUT2D eigenvalue weighted by Crippen LogP contribution is 2.30. The zero-order valence-electron chi connectivity index (χ0n) is 11.8. The van der Waals surface area contributed by atoms with E-state index in [2.05, 4.69) is 9.80 Å². The van der Waals surface area contributed by atoms with Crippen LogP contribution in [0.3, 0.4) is 0 Å². The molecule has 0 aromatic rings. The van der Waals surface area contributed by atoms with Crippen molar-refractivity contribution in [3.8, 4) is 0 Å². The summed E-state index contributed by atoms with van der Waals surface area (Å²) in [5.41, 5.74) is 0. The molecule has 0 spiro atoms. The summed E-state index contributed by atoms with van der Waals surface area (Å²) in [6.45, 7) is 5.19. The molecule has 0 N–H and O–H groups in total. The second-order valence-corrected chi connectivity index (χ2v) is 8.66. The summed E-state index contributed by atoms with van der Waals surface area (Å²) in [4.78, 5) is 4.82. The van der Waals surface area contributed by atoms with Crippen molar-refractivity contribution in [2.75, 3.05) is 38.5 Å². The number of rotatable bonds is 3. The number of likely N-dealkylation sites (tertiary alicyclic amines) is 2. The predicted molar refractivity (Wildman–Crippen MR) is 77.1 cm³/mol. The number of nitrogens with zero attached hydrogens (tertiary/aromatic N) is 2. The molecular formula is C14H26N2O2S. The maximum atomic E-state index is 12.1. The van der Waals surface area contributed by atoms with E-state index in [1.54, 1.807) is 0 Å². The molecule has 0 aliphatic carbocycles. The zero-order valence-corrected chi connectivity index (χ0v) is 12.6. The predicted octanol–water partition coefficient (Wildman–Crippen LogP) is 1.12. The summed E-state index contributed by atoms with van der Waals surface area (Å²) in [5.74, 6) is 0.408. The van der Waals surface area contributed by atoms with Crippen LogP contribution in [0.1, 0.15) is 38.5 Å². The third kappa shape index (κ3) is 2.98. The van der Waals surface area contributed by atoms with E-state index in [0.717, 1.165) is 32.7 Å². The van der Waals surface area contributed by atoms with E-state index in [1.165, 1.54) is 38.5 Å². The van der Waals surface area contributed by atoms with Gasteiger partial charge in [0.15, 0.2) is 9.84 Å². The Hall–Kier alpha value is -0.130. The lowest BCUT2D eigenvalue weighted by Crippen LogP contribution is -2.64. The number of sulfone groups is 1. The SMILES string of the molecule is O=S1(=O)C[C@H](N2CCCCC2)[C@H]1CN1CCCCC1. The summed E-state index contributed by atoms with van der Waals surface area (Å²) >= 11 is 0. The normalized spacial score (nSPS) is 36.8. The minimum Gasteiger partial charge on any atom is -0.302 e. The van der Waals surface area contributed by atoms with Gasteiger partial charge in [0.05, 0.1) is 11.0 Å². The van der Waals surface area contributed by atoms with Gasteiger partial charge in [-0.2, -0.15) is 0 Å². The second kappa shape index (κ2) is 5.70. The molecule has 0 saturated carbocycles. The van der Waals surface area contributed by atoms with Gasteiger partial charge in [0.1, 0.15) is 0 Å². The minimum atomic E-state index is -2.80. The second-order valence-electron chi connectivity index (χ2n) is 6.39. The smallest absolute Gasteiger partial charge is 0.157 e. The summed E-state index contributed by atoms with van der Waals surface area (Å²) in [6, 6.07) is 0.312. The van der Waals surface area contributed by atoms with E-state index in [-0.39, 0.29) is 5.25 Å². The van der Waals surface area contributed by atoms with Crippen LogP contribution in [0, 0.1) is 0 Å². The van der Waals surface area contributed by atoms with E-state index < -0.39 is 9.84 Å². The molecule has 5 heteroatoms. The Morgan fingerprint density at radius 1 is 0.842 bits per heavy atom. The summed E-state index contributed by atoms with van der Waals surface area (Å²) in [7, 11) is -2.80. The Morgan fingerprint density at radius 3 is 2.00 bits per heavy atom. The highest BCUT2D eigenvalue weighted by Gasteiger charge is 2.49. The third-order valence-corrected chi connectivity index (χ3v) is 7.23. The summed E-state index contributed by atoms with van der Waals surface area (Å²) in [5, 5.41) is -0.108. The van der Waals surface area contributed by atoms with E-state index in [4.69, 9.17) is 0 Å². The highest BCUT2D eigenvalue weighted by atomic mass is 32.2. The van der Waals surface area contributed by atoms with Crippen LogP contribution in [-0.4, -0.2) is 68.0 Å². The fourth-order valence-electron chi connectivity index (χ4n) is 3.81. The van der Waals surface area contributed by atoms with Crippen molar-refractivity contribution in [2.45, 2.75) is 49.8 Å². The quantitative estimate of drug-likeness (QED) is 0.780. The Morgan fingerprint density at radius 2 is 1.42 bits per heavy atom. The minimum absolute atomic E-state index is 0.108. The first-order valence-corrected chi connectivity index (χ1v) is 9.56. The van der Waals surface area contributed by atoms with Crippen molar-refractivity contribution in [3.63, 3.8) is 0 Å². The van der Waals surface area contributed by atoms with Crippen molar-refractivity contribution < 1.29 is 8.42 Å². The first kappa shape index (κ1) is 13.8. The largest absolute Gasteiger partial charge is 0.302 e. The Bertz CT molecular complexity index is 398. The van der Waals surface area contributed by atoms with E-state index in [9.17, 15) is 8.42 Å². The van der Waals surface area contributed by atoms with Crippen molar-refractivity contribution in [3.05, 3.63) is 0 Å². The molecule has 3 saturated heterocycles. The first-order valence-electron chi connectivity index (χ1n) is 7.85. The molecule has 0 bridgehead atoms. The highest BCUT2D eigenvalue weighted by molar-refractivity contribution is 7.93. The van der Waals surface area contributed by atoms with Crippen LogP contribution in [-0.2, 0) is 9.84 Å². The van der Waals surface area contributed by atoms with Gasteiger partial charge in [-0.1, -0.05) is 12.8 Å². The fraction of sp³-hybridized carbons (Fsp3) is 1.00. The first-order chi connectivity index (χ1) is 9.17. The van der Waals surface area contributed by atoms with Crippen LogP contribution >= 0.6 is 0 Å².